The number of aryl methyl sites for hydroxylation is 1. The second kappa shape index (κ2) is 7.78. The average molecular weight is 301 g/mol. The Kier molecular flexibility index (Phi) is 5.75. The van der Waals surface area contributed by atoms with E-state index in [0.717, 1.165) is 42.1 Å². The number of ether oxygens (including phenoxy) is 1. The predicted molar refractivity (Wildman–Crippen MR) is 88.0 cm³/mol. The number of fused-ring (bicyclic) bond motifs is 1. The molecule has 118 valence electrons. The lowest BCUT2D eigenvalue weighted by molar-refractivity contribution is -0.144. The Labute approximate surface area is 130 Å². The summed E-state index contributed by atoms with van der Waals surface area (Å²) < 4.78 is 6.71. The zero-order valence-corrected chi connectivity index (χ0v) is 13.3. The quantitative estimate of drug-likeness (QED) is 0.581. The number of nitrogens with zero attached hydrogens (tertiary/aromatic N) is 1. The third-order valence-electron chi connectivity index (χ3n) is 3.77. The molecular weight excluding hydrogens is 278 g/mol. The van der Waals surface area contributed by atoms with Gasteiger partial charge in [0.1, 0.15) is 6.54 Å². The lowest BCUT2D eigenvalue weighted by Crippen LogP contribution is -2.25. The van der Waals surface area contributed by atoms with Crippen LogP contribution in [0, 0.1) is 6.92 Å². The summed E-state index contributed by atoms with van der Waals surface area (Å²) in [5.74, 6) is -0.354. The van der Waals surface area contributed by atoms with Crippen LogP contribution >= 0.6 is 0 Å². The SMILES string of the molecule is CCCCCCOC(=O)Cn1c(=O)cc(C)c2ccccc21. The highest BCUT2D eigenvalue weighted by Crippen LogP contribution is 2.15. The number of benzene rings is 1. The highest BCUT2D eigenvalue weighted by atomic mass is 16.5. The van der Waals surface area contributed by atoms with Crippen LogP contribution in [0.1, 0.15) is 38.2 Å². The van der Waals surface area contributed by atoms with Gasteiger partial charge in [-0.15, -0.1) is 0 Å². The number of hydrogen-bond donors (Lipinski definition) is 0. The molecule has 0 bridgehead atoms. The predicted octanol–water partition coefficient (Wildman–Crippen LogP) is 3.43. The van der Waals surface area contributed by atoms with E-state index in [1.807, 2.05) is 31.2 Å². The van der Waals surface area contributed by atoms with Gasteiger partial charge in [0.2, 0.25) is 0 Å². The minimum Gasteiger partial charge on any atom is -0.464 e. The summed E-state index contributed by atoms with van der Waals surface area (Å²) in [5.41, 5.74) is 1.53. The Balaban J connectivity index is 2.08. The number of carbonyl (C=O) groups excluding carboxylic acids is 1. The Morgan fingerprint density at radius 3 is 2.73 bits per heavy atom. The highest BCUT2D eigenvalue weighted by molar-refractivity contribution is 5.83. The van der Waals surface area contributed by atoms with Gasteiger partial charge in [0.15, 0.2) is 0 Å². The van der Waals surface area contributed by atoms with Crippen LogP contribution in [0.2, 0.25) is 0 Å². The number of aromatic nitrogens is 1. The number of hydrogen-bond acceptors (Lipinski definition) is 3. The largest absolute Gasteiger partial charge is 0.464 e. The highest BCUT2D eigenvalue weighted by Gasteiger charge is 2.10. The zero-order valence-electron chi connectivity index (χ0n) is 13.3. The van der Waals surface area contributed by atoms with Gasteiger partial charge in [0.05, 0.1) is 12.1 Å². The van der Waals surface area contributed by atoms with E-state index in [9.17, 15) is 9.59 Å². The number of esters is 1. The second-order valence-electron chi connectivity index (χ2n) is 5.55. The van der Waals surface area contributed by atoms with Gasteiger partial charge in [-0.2, -0.15) is 0 Å². The monoisotopic (exact) mass is 301 g/mol. The molecule has 0 radical (unpaired) electrons. The van der Waals surface area contributed by atoms with E-state index in [2.05, 4.69) is 6.92 Å². The van der Waals surface area contributed by atoms with Crippen LogP contribution < -0.4 is 5.56 Å². The summed E-state index contributed by atoms with van der Waals surface area (Å²) in [7, 11) is 0. The number of para-hydroxylation sites is 1. The maximum Gasteiger partial charge on any atom is 0.326 e. The molecule has 4 nitrogen and oxygen atoms in total. The fourth-order valence-electron chi connectivity index (χ4n) is 2.55. The molecule has 0 saturated carbocycles. The molecule has 2 aromatic rings. The summed E-state index contributed by atoms with van der Waals surface area (Å²) in [6, 6.07) is 9.18. The maximum atomic E-state index is 12.2. The first-order valence-corrected chi connectivity index (χ1v) is 7.88. The molecular formula is C18H23NO3. The van der Waals surface area contributed by atoms with Crippen molar-refractivity contribution in [1.82, 2.24) is 4.57 Å². The van der Waals surface area contributed by atoms with Crippen LogP contribution in [0.15, 0.2) is 35.1 Å². The van der Waals surface area contributed by atoms with Crippen molar-refractivity contribution < 1.29 is 9.53 Å². The van der Waals surface area contributed by atoms with E-state index >= 15 is 0 Å². The molecule has 2 rings (SSSR count). The standard InChI is InChI=1S/C18H23NO3/c1-3-4-5-8-11-22-18(21)13-19-16-10-7-6-9-15(16)14(2)12-17(19)20/h6-7,9-10,12H,3-5,8,11,13H2,1-2H3. The summed E-state index contributed by atoms with van der Waals surface area (Å²) in [5, 5.41) is 0.984. The minimum atomic E-state index is -0.354. The van der Waals surface area contributed by atoms with Crippen LogP contribution in [-0.4, -0.2) is 17.1 Å². The van der Waals surface area contributed by atoms with Crippen molar-refractivity contribution in [2.45, 2.75) is 46.1 Å². The number of unbranched alkanes of at least 4 members (excludes halogenated alkanes) is 3. The molecule has 0 saturated heterocycles. The van der Waals surface area contributed by atoms with Crippen LogP contribution in [-0.2, 0) is 16.1 Å². The normalized spacial score (nSPS) is 10.8. The van der Waals surface area contributed by atoms with Gasteiger partial charge in [-0.1, -0.05) is 44.4 Å². The van der Waals surface area contributed by atoms with E-state index < -0.39 is 0 Å². The van der Waals surface area contributed by atoms with Crippen LogP contribution in [0.25, 0.3) is 10.9 Å². The van der Waals surface area contributed by atoms with Crippen LogP contribution in [0.5, 0.6) is 0 Å². The Morgan fingerprint density at radius 1 is 1.18 bits per heavy atom. The summed E-state index contributed by atoms with van der Waals surface area (Å²) in [6.07, 6.45) is 4.25. The van der Waals surface area contributed by atoms with Crippen LogP contribution in [0.4, 0.5) is 0 Å². The molecule has 0 amide bonds. The Bertz CT molecular complexity index is 703. The molecule has 4 heteroatoms. The van der Waals surface area contributed by atoms with Gasteiger partial charge < -0.3 is 4.74 Å². The first kappa shape index (κ1) is 16.3. The van der Waals surface area contributed by atoms with Crippen molar-refractivity contribution in [2.75, 3.05) is 6.61 Å². The van der Waals surface area contributed by atoms with Crippen molar-refractivity contribution in [3.05, 3.63) is 46.2 Å². The fraction of sp³-hybridized carbons (Fsp3) is 0.444. The van der Waals surface area contributed by atoms with Gasteiger partial charge in [0, 0.05) is 11.5 Å². The average Bonchev–Trinajstić information content (AvgIpc) is 2.51. The van der Waals surface area contributed by atoms with Crippen molar-refractivity contribution in [3.8, 4) is 0 Å². The van der Waals surface area contributed by atoms with Gasteiger partial charge >= 0.3 is 5.97 Å². The summed E-state index contributed by atoms with van der Waals surface area (Å²) >= 11 is 0. The summed E-state index contributed by atoms with van der Waals surface area (Å²) in [6.45, 7) is 4.44. The smallest absolute Gasteiger partial charge is 0.326 e. The first-order chi connectivity index (χ1) is 10.6. The Hall–Kier alpha value is -2.10. The molecule has 1 heterocycles. The lowest BCUT2D eigenvalue weighted by Gasteiger charge is -2.11. The molecule has 0 aliphatic rings. The molecule has 0 spiro atoms. The molecule has 1 aromatic heterocycles. The van der Waals surface area contributed by atoms with E-state index in [1.54, 1.807) is 6.07 Å². The van der Waals surface area contributed by atoms with Gasteiger partial charge in [-0.25, -0.2) is 0 Å². The number of rotatable bonds is 7. The zero-order chi connectivity index (χ0) is 15.9. The molecule has 0 atom stereocenters. The molecule has 0 aliphatic carbocycles. The topological polar surface area (TPSA) is 48.3 Å². The molecule has 1 aromatic carbocycles. The van der Waals surface area contributed by atoms with Gasteiger partial charge in [-0.3, -0.25) is 14.2 Å². The number of pyridine rings is 1. The molecule has 22 heavy (non-hydrogen) atoms. The molecule has 0 N–H and O–H groups in total. The number of carbonyl (C=O) groups is 1. The Morgan fingerprint density at radius 2 is 1.95 bits per heavy atom. The second-order valence-corrected chi connectivity index (χ2v) is 5.55. The molecule has 0 fully saturated rings. The van der Waals surface area contributed by atoms with E-state index in [4.69, 9.17) is 4.74 Å². The first-order valence-electron chi connectivity index (χ1n) is 7.88. The van der Waals surface area contributed by atoms with E-state index in [1.165, 1.54) is 4.57 Å². The third kappa shape index (κ3) is 3.97. The van der Waals surface area contributed by atoms with Crippen LogP contribution in [0.3, 0.4) is 0 Å². The van der Waals surface area contributed by atoms with Crippen molar-refractivity contribution in [3.63, 3.8) is 0 Å². The van der Waals surface area contributed by atoms with Gasteiger partial charge in [0.25, 0.3) is 5.56 Å². The third-order valence-corrected chi connectivity index (χ3v) is 3.77. The maximum absolute atomic E-state index is 12.2. The van der Waals surface area contributed by atoms with Crippen molar-refractivity contribution in [1.29, 1.82) is 0 Å². The van der Waals surface area contributed by atoms with Gasteiger partial charge in [-0.05, 0) is 25.0 Å². The molecule has 0 unspecified atom stereocenters. The summed E-state index contributed by atoms with van der Waals surface area (Å²) in [4.78, 5) is 24.1. The fourth-order valence-corrected chi connectivity index (χ4v) is 2.55. The lowest BCUT2D eigenvalue weighted by atomic mass is 10.1. The molecule has 0 aliphatic heterocycles. The van der Waals surface area contributed by atoms with E-state index in [-0.39, 0.29) is 18.1 Å². The van der Waals surface area contributed by atoms with Crippen molar-refractivity contribution >= 4 is 16.9 Å². The van der Waals surface area contributed by atoms with Crippen molar-refractivity contribution in [2.24, 2.45) is 0 Å². The minimum absolute atomic E-state index is 0.0343. The van der Waals surface area contributed by atoms with E-state index in [0.29, 0.717) is 6.61 Å².